The number of carboxylic acid groups (broad SMARTS) is 1. The molecular weight excluding hydrogens is 449 g/mol. The molecule has 32 heavy (non-hydrogen) atoms. The zero-order valence-electron chi connectivity index (χ0n) is 16.8. The number of nitrogens with zero attached hydrogens (tertiary/aromatic N) is 1. The van der Waals surface area contributed by atoms with Gasteiger partial charge in [0.05, 0.1) is 21.7 Å². The first kappa shape index (κ1) is 23.5. The van der Waals surface area contributed by atoms with Crippen LogP contribution in [0.5, 0.6) is 0 Å². The number of aryl methyl sites for hydroxylation is 1. The lowest BCUT2D eigenvalue weighted by Gasteiger charge is -2.09. The first-order valence-electron chi connectivity index (χ1n) is 9.49. The lowest BCUT2D eigenvalue weighted by atomic mass is 10.1. The molecule has 3 aromatic rings. The molecule has 0 aliphatic heterocycles. The molecule has 11 heteroatoms. The molecule has 0 spiro atoms. The van der Waals surface area contributed by atoms with E-state index in [-0.39, 0.29) is 29.3 Å². The summed E-state index contributed by atoms with van der Waals surface area (Å²) in [6.07, 6.45) is -2.55. The van der Waals surface area contributed by atoms with E-state index in [1.54, 1.807) is 6.92 Å². The number of carboxylic acids is 1. The van der Waals surface area contributed by atoms with Gasteiger partial charge in [-0.05, 0) is 48.4 Å². The van der Waals surface area contributed by atoms with Crippen LogP contribution in [0.15, 0.2) is 58.0 Å². The summed E-state index contributed by atoms with van der Waals surface area (Å²) in [7, 11) is -3.95. The van der Waals surface area contributed by atoms with E-state index in [1.165, 1.54) is 30.5 Å². The summed E-state index contributed by atoms with van der Waals surface area (Å²) in [6.45, 7) is 1.73. The molecule has 0 saturated heterocycles. The van der Waals surface area contributed by atoms with Gasteiger partial charge < -0.3 is 9.52 Å². The minimum absolute atomic E-state index is 0.0424. The van der Waals surface area contributed by atoms with Crippen LogP contribution in [0.4, 0.5) is 13.2 Å². The molecule has 0 fully saturated rings. The monoisotopic (exact) mass is 468 g/mol. The van der Waals surface area contributed by atoms with Gasteiger partial charge in [-0.15, -0.1) is 0 Å². The fraction of sp³-hybridized carbons (Fsp3) is 0.238. The first-order chi connectivity index (χ1) is 15.0. The van der Waals surface area contributed by atoms with Crippen molar-refractivity contribution in [3.8, 4) is 11.5 Å². The van der Waals surface area contributed by atoms with Gasteiger partial charge in [-0.1, -0.05) is 13.0 Å². The van der Waals surface area contributed by atoms with Crippen LogP contribution in [0.3, 0.4) is 0 Å². The van der Waals surface area contributed by atoms with Crippen molar-refractivity contribution in [2.24, 2.45) is 0 Å². The molecule has 0 amide bonds. The Hall–Kier alpha value is -3.18. The summed E-state index contributed by atoms with van der Waals surface area (Å²) in [5.74, 6) is -1.10. The fourth-order valence-electron chi connectivity index (χ4n) is 2.98. The largest absolute Gasteiger partial charge is 0.478 e. The van der Waals surface area contributed by atoms with E-state index in [0.717, 1.165) is 18.2 Å². The van der Waals surface area contributed by atoms with E-state index in [2.05, 4.69) is 9.71 Å². The van der Waals surface area contributed by atoms with Gasteiger partial charge in [0.15, 0.2) is 0 Å². The second kappa shape index (κ2) is 9.13. The molecule has 170 valence electrons. The van der Waals surface area contributed by atoms with E-state index < -0.39 is 27.7 Å². The third-order valence-corrected chi connectivity index (χ3v) is 6.15. The highest BCUT2D eigenvalue weighted by molar-refractivity contribution is 7.89. The third-order valence-electron chi connectivity index (χ3n) is 4.69. The Balaban J connectivity index is 1.65. The van der Waals surface area contributed by atoms with Crippen LogP contribution in [-0.4, -0.2) is 31.0 Å². The van der Waals surface area contributed by atoms with Crippen molar-refractivity contribution in [1.82, 2.24) is 9.71 Å². The standard InChI is InChI=1S/C21H19F3N2O5S/c1-2-13-5-8-17(11-18(13)20(27)28)32(29,30)25-10-9-16-12-31-19(26-16)14-3-6-15(7-4-14)21(22,23)24/h3-8,11-12,25H,2,9-10H2,1H3,(H,27,28). The number of halogens is 3. The number of nitrogens with one attached hydrogen (secondary N) is 1. The van der Waals surface area contributed by atoms with E-state index in [1.807, 2.05) is 0 Å². The highest BCUT2D eigenvalue weighted by Crippen LogP contribution is 2.30. The molecule has 0 aliphatic carbocycles. The van der Waals surface area contributed by atoms with Crippen LogP contribution >= 0.6 is 0 Å². The SMILES string of the molecule is CCc1ccc(S(=O)(=O)NCCc2coc(-c3ccc(C(F)(F)F)cc3)n2)cc1C(=O)O. The molecule has 0 unspecified atom stereocenters. The van der Waals surface area contributed by atoms with Crippen LogP contribution in [0.2, 0.25) is 0 Å². The van der Waals surface area contributed by atoms with Gasteiger partial charge in [0.25, 0.3) is 0 Å². The van der Waals surface area contributed by atoms with E-state index in [4.69, 9.17) is 4.42 Å². The number of aromatic carboxylic acids is 1. The Morgan fingerprint density at radius 2 is 1.84 bits per heavy atom. The van der Waals surface area contributed by atoms with Crippen LogP contribution in [0, 0.1) is 0 Å². The van der Waals surface area contributed by atoms with Crippen molar-refractivity contribution >= 4 is 16.0 Å². The van der Waals surface area contributed by atoms with Gasteiger partial charge in [-0.2, -0.15) is 13.2 Å². The molecule has 1 aromatic heterocycles. The molecule has 0 bridgehead atoms. The van der Waals surface area contributed by atoms with E-state index >= 15 is 0 Å². The fourth-order valence-corrected chi connectivity index (χ4v) is 4.04. The van der Waals surface area contributed by atoms with Crippen molar-refractivity contribution in [3.63, 3.8) is 0 Å². The number of oxazole rings is 1. The molecule has 0 radical (unpaired) electrons. The summed E-state index contributed by atoms with van der Waals surface area (Å²) in [4.78, 5) is 15.4. The number of hydrogen-bond acceptors (Lipinski definition) is 5. The number of sulfonamides is 1. The van der Waals surface area contributed by atoms with Crippen LogP contribution < -0.4 is 4.72 Å². The summed E-state index contributed by atoms with van der Waals surface area (Å²) in [6, 6.07) is 8.23. The summed E-state index contributed by atoms with van der Waals surface area (Å²) >= 11 is 0. The van der Waals surface area contributed by atoms with Crippen LogP contribution in [-0.2, 0) is 29.0 Å². The molecule has 0 atom stereocenters. The Kier molecular flexibility index (Phi) is 6.70. The van der Waals surface area contributed by atoms with Gasteiger partial charge >= 0.3 is 12.1 Å². The van der Waals surface area contributed by atoms with Crippen molar-refractivity contribution in [3.05, 3.63) is 71.1 Å². The average molecular weight is 468 g/mol. The maximum Gasteiger partial charge on any atom is 0.416 e. The van der Waals surface area contributed by atoms with Crippen molar-refractivity contribution in [2.45, 2.75) is 30.8 Å². The highest BCUT2D eigenvalue weighted by Gasteiger charge is 2.30. The second-order valence-electron chi connectivity index (χ2n) is 6.84. The zero-order chi connectivity index (χ0) is 23.5. The number of alkyl halides is 3. The van der Waals surface area contributed by atoms with Gasteiger partial charge in [-0.3, -0.25) is 0 Å². The van der Waals surface area contributed by atoms with Gasteiger partial charge in [-0.25, -0.2) is 22.9 Å². The predicted octanol–water partition coefficient (Wildman–Crippen LogP) is 4.14. The molecule has 2 aromatic carbocycles. The third kappa shape index (κ3) is 5.35. The number of rotatable bonds is 8. The lowest BCUT2D eigenvalue weighted by Crippen LogP contribution is -2.26. The molecule has 3 rings (SSSR count). The summed E-state index contributed by atoms with van der Waals surface area (Å²) < 4.78 is 70.6. The maximum atomic E-state index is 12.7. The van der Waals surface area contributed by atoms with Crippen molar-refractivity contribution in [2.75, 3.05) is 6.54 Å². The Morgan fingerprint density at radius 1 is 1.16 bits per heavy atom. The predicted molar refractivity (Wildman–Crippen MR) is 109 cm³/mol. The quantitative estimate of drug-likeness (QED) is 0.514. The molecule has 0 aliphatic rings. The van der Waals surface area contributed by atoms with E-state index in [0.29, 0.717) is 23.2 Å². The Labute approximate surface area is 182 Å². The van der Waals surface area contributed by atoms with Crippen molar-refractivity contribution < 1.29 is 35.9 Å². The number of carbonyl (C=O) groups is 1. The molecule has 7 nitrogen and oxygen atoms in total. The minimum Gasteiger partial charge on any atom is -0.478 e. The van der Waals surface area contributed by atoms with Crippen molar-refractivity contribution in [1.29, 1.82) is 0 Å². The molecule has 1 heterocycles. The zero-order valence-corrected chi connectivity index (χ0v) is 17.6. The smallest absolute Gasteiger partial charge is 0.416 e. The Bertz CT molecular complexity index is 1220. The average Bonchev–Trinajstić information content (AvgIpc) is 3.21. The summed E-state index contributed by atoms with van der Waals surface area (Å²) in [5, 5.41) is 9.27. The molecule has 0 saturated carbocycles. The van der Waals surface area contributed by atoms with Crippen LogP contribution in [0.25, 0.3) is 11.5 Å². The van der Waals surface area contributed by atoms with Gasteiger partial charge in [0.1, 0.15) is 6.26 Å². The number of aromatic nitrogens is 1. The van der Waals surface area contributed by atoms with Gasteiger partial charge in [0, 0.05) is 18.5 Å². The minimum atomic E-state index is -4.44. The Morgan fingerprint density at radius 3 is 2.44 bits per heavy atom. The maximum absolute atomic E-state index is 12.7. The molecule has 2 N–H and O–H groups in total. The summed E-state index contributed by atoms with van der Waals surface area (Å²) in [5.41, 5.74) is 0.403. The number of hydrogen-bond donors (Lipinski definition) is 2. The topological polar surface area (TPSA) is 110 Å². The van der Waals surface area contributed by atoms with Gasteiger partial charge in [0.2, 0.25) is 15.9 Å². The molecular formula is C21H19F3N2O5S. The number of benzene rings is 2. The lowest BCUT2D eigenvalue weighted by molar-refractivity contribution is -0.137. The normalized spacial score (nSPS) is 12.1. The first-order valence-corrected chi connectivity index (χ1v) is 11.0. The van der Waals surface area contributed by atoms with Crippen LogP contribution in [0.1, 0.15) is 34.1 Å². The van der Waals surface area contributed by atoms with E-state index in [9.17, 15) is 31.5 Å². The second-order valence-corrected chi connectivity index (χ2v) is 8.61. The highest BCUT2D eigenvalue weighted by atomic mass is 32.2.